The summed E-state index contributed by atoms with van der Waals surface area (Å²) in [7, 11) is 1.58. The van der Waals surface area contributed by atoms with E-state index in [2.05, 4.69) is 15.4 Å². The van der Waals surface area contributed by atoms with Gasteiger partial charge in [0.15, 0.2) is 0 Å². The number of carbonyl (C=O) groups excluding carboxylic acids is 1. The number of nitrogens with zero attached hydrogens (tertiary/aromatic N) is 3. The Kier molecular flexibility index (Phi) is 6.23. The summed E-state index contributed by atoms with van der Waals surface area (Å²) in [4.78, 5) is 16.8. The molecule has 0 saturated heterocycles. The zero-order valence-corrected chi connectivity index (χ0v) is 16.0. The minimum atomic E-state index is -0.425. The lowest BCUT2D eigenvalue weighted by atomic mass is 10.2. The smallest absolute Gasteiger partial charge is 0.260 e. The molecule has 0 atom stereocenters. The van der Waals surface area contributed by atoms with E-state index >= 15 is 0 Å². The summed E-state index contributed by atoms with van der Waals surface area (Å²) in [6, 6.07) is 8.96. The molecule has 1 aromatic carbocycles. The molecule has 0 aliphatic rings. The summed E-state index contributed by atoms with van der Waals surface area (Å²) >= 11 is 6.36. The fraction of sp³-hybridized carbons (Fsp3) is 0.211. The van der Waals surface area contributed by atoms with Crippen LogP contribution >= 0.6 is 11.6 Å². The number of aromatic nitrogens is 3. The van der Waals surface area contributed by atoms with Crippen LogP contribution in [0.3, 0.4) is 0 Å². The molecular formula is C19H18ClFN4O3. The third-order valence-electron chi connectivity index (χ3n) is 3.83. The van der Waals surface area contributed by atoms with Crippen LogP contribution in [0.1, 0.15) is 16.1 Å². The third-order valence-corrected chi connectivity index (χ3v) is 4.18. The number of hydrogen-bond donors (Lipinski definition) is 1. The van der Waals surface area contributed by atoms with E-state index in [1.165, 1.54) is 35.1 Å². The molecule has 1 N–H and O–H groups in total. The molecule has 2 aromatic heterocycles. The third kappa shape index (κ3) is 4.47. The van der Waals surface area contributed by atoms with Gasteiger partial charge in [-0.3, -0.25) is 4.79 Å². The summed E-state index contributed by atoms with van der Waals surface area (Å²) in [6.07, 6.45) is 1.48. The van der Waals surface area contributed by atoms with Crippen LogP contribution in [0.5, 0.6) is 5.88 Å². The summed E-state index contributed by atoms with van der Waals surface area (Å²) in [6.45, 7) is 2.51. The van der Waals surface area contributed by atoms with E-state index in [1.807, 2.05) is 0 Å². The van der Waals surface area contributed by atoms with Crippen molar-refractivity contribution in [3.63, 3.8) is 0 Å². The van der Waals surface area contributed by atoms with Gasteiger partial charge in [-0.05, 0) is 37.3 Å². The van der Waals surface area contributed by atoms with Gasteiger partial charge in [-0.2, -0.15) is 5.10 Å². The van der Waals surface area contributed by atoms with Gasteiger partial charge in [0.2, 0.25) is 5.88 Å². The van der Waals surface area contributed by atoms with Crippen molar-refractivity contribution in [3.8, 4) is 11.6 Å². The van der Waals surface area contributed by atoms with E-state index in [0.717, 1.165) is 0 Å². The Morgan fingerprint density at radius 1 is 1.21 bits per heavy atom. The highest BCUT2D eigenvalue weighted by molar-refractivity contribution is 6.34. The zero-order chi connectivity index (χ0) is 20.1. The number of benzene rings is 1. The first kappa shape index (κ1) is 19.8. The first-order chi connectivity index (χ1) is 13.5. The van der Waals surface area contributed by atoms with Crippen molar-refractivity contribution >= 4 is 23.2 Å². The number of methoxy groups -OCH3 is 1. The van der Waals surface area contributed by atoms with Gasteiger partial charge in [-0.25, -0.2) is 14.1 Å². The summed E-state index contributed by atoms with van der Waals surface area (Å²) in [5.74, 6) is -0.372. The number of anilines is 1. The second kappa shape index (κ2) is 8.81. The number of amides is 1. The Morgan fingerprint density at radius 3 is 2.61 bits per heavy atom. The predicted molar refractivity (Wildman–Crippen MR) is 103 cm³/mol. The summed E-state index contributed by atoms with van der Waals surface area (Å²) < 4.78 is 24.8. The van der Waals surface area contributed by atoms with Gasteiger partial charge in [0, 0.05) is 13.2 Å². The number of rotatable bonds is 7. The SMILES string of the molecule is COCCOc1ccc(NC(=O)c2c(C)nn(-c3ccc(F)cc3)c2Cl)cn1. The van der Waals surface area contributed by atoms with Crippen molar-refractivity contribution in [2.45, 2.75) is 6.92 Å². The maximum absolute atomic E-state index is 13.1. The maximum Gasteiger partial charge on any atom is 0.260 e. The highest BCUT2D eigenvalue weighted by Gasteiger charge is 2.21. The van der Waals surface area contributed by atoms with Crippen LogP contribution in [0.2, 0.25) is 5.15 Å². The predicted octanol–water partition coefficient (Wildman–Crippen LogP) is 3.65. The fourth-order valence-corrected chi connectivity index (χ4v) is 2.83. The molecule has 0 spiro atoms. The summed E-state index contributed by atoms with van der Waals surface area (Å²) in [5.41, 5.74) is 1.70. The van der Waals surface area contributed by atoms with Gasteiger partial charge in [0.05, 0.1) is 29.9 Å². The molecule has 0 fully saturated rings. The van der Waals surface area contributed by atoms with Gasteiger partial charge < -0.3 is 14.8 Å². The average Bonchev–Trinajstić information content (AvgIpc) is 2.98. The van der Waals surface area contributed by atoms with Crippen LogP contribution in [0.15, 0.2) is 42.6 Å². The minimum Gasteiger partial charge on any atom is -0.475 e. The topological polar surface area (TPSA) is 78.3 Å². The maximum atomic E-state index is 13.1. The van der Waals surface area contributed by atoms with Gasteiger partial charge in [0.25, 0.3) is 5.91 Å². The molecule has 2 heterocycles. The number of pyridine rings is 1. The zero-order valence-electron chi connectivity index (χ0n) is 15.3. The molecule has 0 saturated carbocycles. The molecule has 0 unspecified atom stereocenters. The molecule has 3 aromatic rings. The Bertz CT molecular complexity index is 959. The normalized spacial score (nSPS) is 10.7. The van der Waals surface area contributed by atoms with Crippen LogP contribution in [0, 0.1) is 12.7 Å². The molecule has 3 rings (SSSR count). The first-order valence-corrected chi connectivity index (χ1v) is 8.77. The Balaban J connectivity index is 1.75. The van der Waals surface area contributed by atoms with E-state index in [9.17, 15) is 9.18 Å². The van der Waals surface area contributed by atoms with E-state index in [4.69, 9.17) is 21.1 Å². The quantitative estimate of drug-likeness (QED) is 0.608. The van der Waals surface area contributed by atoms with Crippen molar-refractivity contribution in [3.05, 3.63) is 64.8 Å². The molecule has 0 aliphatic carbocycles. The first-order valence-electron chi connectivity index (χ1n) is 8.40. The monoisotopic (exact) mass is 404 g/mol. The molecule has 7 nitrogen and oxygen atoms in total. The molecule has 28 heavy (non-hydrogen) atoms. The molecular weight excluding hydrogens is 387 g/mol. The molecule has 0 radical (unpaired) electrons. The molecule has 146 valence electrons. The lowest BCUT2D eigenvalue weighted by Gasteiger charge is -2.07. The van der Waals surface area contributed by atoms with Crippen LogP contribution in [0.4, 0.5) is 10.1 Å². The number of halogens is 2. The van der Waals surface area contributed by atoms with E-state index in [0.29, 0.717) is 36.2 Å². The Morgan fingerprint density at radius 2 is 1.96 bits per heavy atom. The summed E-state index contributed by atoms with van der Waals surface area (Å²) in [5, 5.41) is 7.14. The number of hydrogen-bond acceptors (Lipinski definition) is 5. The minimum absolute atomic E-state index is 0.133. The van der Waals surface area contributed by atoms with Crippen molar-refractivity contribution in [2.24, 2.45) is 0 Å². The molecule has 0 bridgehead atoms. The van der Waals surface area contributed by atoms with Crippen LogP contribution in [0.25, 0.3) is 5.69 Å². The highest BCUT2D eigenvalue weighted by atomic mass is 35.5. The standard InChI is InChI=1S/C19H18ClFN4O3/c1-12-17(18(20)25(24-12)15-6-3-13(21)4-7-15)19(26)23-14-5-8-16(22-11-14)28-10-9-27-2/h3-8,11H,9-10H2,1-2H3,(H,23,26). The number of carbonyl (C=O) groups is 1. The number of aryl methyl sites for hydroxylation is 1. The lowest BCUT2D eigenvalue weighted by Crippen LogP contribution is -2.13. The second-order valence-electron chi connectivity index (χ2n) is 5.82. The highest BCUT2D eigenvalue weighted by Crippen LogP contribution is 2.25. The van der Waals surface area contributed by atoms with Gasteiger partial charge in [0.1, 0.15) is 23.1 Å². The van der Waals surface area contributed by atoms with Crippen molar-refractivity contribution in [2.75, 3.05) is 25.6 Å². The van der Waals surface area contributed by atoms with Crippen molar-refractivity contribution < 1.29 is 18.7 Å². The van der Waals surface area contributed by atoms with E-state index in [-0.39, 0.29) is 16.5 Å². The van der Waals surface area contributed by atoms with Crippen LogP contribution < -0.4 is 10.1 Å². The number of nitrogens with one attached hydrogen (secondary N) is 1. The average molecular weight is 405 g/mol. The molecule has 1 amide bonds. The number of ether oxygens (including phenoxy) is 2. The Labute approximate surface area is 166 Å². The van der Waals surface area contributed by atoms with Crippen LogP contribution in [-0.2, 0) is 4.74 Å². The molecule has 0 aliphatic heterocycles. The second-order valence-corrected chi connectivity index (χ2v) is 6.18. The Hall–Kier alpha value is -2.97. The van der Waals surface area contributed by atoms with E-state index < -0.39 is 5.91 Å². The van der Waals surface area contributed by atoms with Gasteiger partial charge >= 0.3 is 0 Å². The van der Waals surface area contributed by atoms with Gasteiger partial charge in [-0.15, -0.1) is 0 Å². The van der Waals surface area contributed by atoms with Crippen molar-refractivity contribution in [1.29, 1.82) is 0 Å². The fourth-order valence-electron chi connectivity index (χ4n) is 2.47. The van der Waals surface area contributed by atoms with E-state index in [1.54, 1.807) is 26.2 Å². The van der Waals surface area contributed by atoms with Gasteiger partial charge in [-0.1, -0.05) is 11.6 Å². The van der Waals surface area contributed by atoms with Crippen molar-refractivity contribution in [1.82, 2.24) is 14.8 Å². The largest absolute Gasteiger partial charge is 0.475 e. The van der Waals surface area contributed by atoms with Crippen LogP contribution in [-0.4, -0.2) is 41.0 Å². The molecule has 9 heteroatoms. The lowest BCUT2D eigenvalue weighted by molar-refractivity contribution is 0.102.